The Morgan fingerprint density at radius 1 is 1.50 bits per heavy atom. The molecule has 6 heavy (non-hydrogen) atoms. The van der Waals surface area contributed by atoms with Crippen LogP contribution in [0.3, 0.4) is 0 Å². The van der Waals surface area contributed by atoms with E-state index in [1.165, 1.54) is 7.11 Å². The summed E-state index contributed by atoms with van der Waals surface area (Å²) in [6.07, 6.45) is 0. The molecule has 0 aliphatic carbocycles. The summed E-state index contributed by atoms with van der Waals surface area (Å²) in [4.78, 5) is 3.41. The van der Waals surface area contributed by atoms with Crippen molar-refractivity contribution in [2.45, 2.75) is 0 Å². The Balaban J connectivity index is 2.34. The van der Waals surface area contributed by atoms with Crippen LogP contribution in [0.5, 0.6) is 0 Å². The van der Waals surface area contributed by atoms with Crippen molar-refractivity contribution >= 4 is 0 Å². The molecule has 3 nitrogen and oxygen atoms in total. The summed E-state index contributed by atoms with van der Waals surface area (Å²) in [5.41, 5.74) is 0. The normalized spacial score (nSPS) is 9.00. The summed E-state index contributed by atoms with van der Waals surface area (Å²) in [6, 6.07) is 0. The highest BCUT2D eigenvalue weighted by Gasteiger charge is 1.77. The number of hydrogen-bond acceptors (Lipinski definition) is 2. The molecular formula is C3H7O3. The maximum atomic E-state index is 9.11. The van der Waals surface area contributed by atoms with Crippen molar-refractivity contribution < 1.29 is 14.9 Å². The zero-order valence-electron chi connectivity index (χ0n) is 3.64. The molecule has 0 aliphatic rings. The van der Waals surface area contributed by atoms with Crippen LogP contribution >= 0.6 is 0 Å². The van der Waals surface area contributed by atoms with E-state index in [9.17, 15) is 0 Å². The van der Waals surface area contributed by atoms with Crippen molar-refractivity contribution in [3.05, 3.63) is 0 Å². The third kappa shape index (κ3) is 3.88. The second-order valence-corrected chi connectivity index (χ2v) is 0.815. The lowest BCUT2D eigenvalue weighted by atomic mass is 10.8. The standard InChI is InChI=1S/C3H7O3/c1-5-2-3-6-4/h2-3H2,1H3. The molecule has 0 amide bonds. The van der Waals surface area contributed by atoms with Gasteiger partial charge in [0.25, 0.3) is 0 Å². The van der Waals surface area contributed by atoms with Gasteiger partial charge in [-0.3, -0.25) is 0 Å². The summed E-state index contributed by atoms with van der Waals surface area (Å²) >= 11 is 0. The van der Waals surface area contributed by atoms with Gasteiger partial charge >= 0.3 is 0 Å². The van der Waals surface area contributed by atoms with Crippen LogP contribution in [0.25, 0.3) is 0 Å². The first-order chi connectivity index (χ1) is 2.91. The van der Waals surface area contributed by atoms with Gasteiger partial charge in [-0.25, -0.2) is 4.89 Å². The third-order valence-electron chi connectivity index (χ3n) is 0.371. The zero-order chi connectivity index (χ0) is 4.83. The van der Waals surface area contributed by atoms with Gasteiger partial charge in [0.2, 0.25) is 0 Å². The van der Waals surface area contributed by atoms with Crippen LogP contribution in [-0.4, -0.2) is 20.3 Å². The summed E-state index contributed by atoms with van der Waals surface area (Å²) in [5.74, 6) is 0. The summed E-state index contributed by atoms with van der Waals surface area (Å²) < 4.78 is 4.46. The van der Waals surface area contributed by atoms with Crippen LogP contribution in [0.4, 0.5) is 0 Å². The minimum absolute atomic E-state index is 0.135. The Morgan fingerprint density at radius 3 is 2.33 bits per heavy atom. The van der Waals surface area contributed by atoms with E-state index in [-0.39, 0.29) is 6.61 Å². The minimum Gasteiger partial charge on any atom is -0.382 e. The van der Waals surface area contributed by atoms with Gasteiger partial charge in [0.15, 0.2) is 0 Å². The molecule has 1 radical (unpaired) electrons. The van der Waals surface area contributed by atoms with Gasteiger partial charge in [0.05, 0.1) is 6.61 Å². The molecule has 0 unspecified atom stereocenters. The molecule has 0 aromatic rings. The number of hydrogen-bond donors (Lipinski definition) is 0. The van der Waals surface area contributed by atoms with E-state index in [1.807, 2.05) is 0 Å². The molecule has 0 bridgehead atoms. The topological polar surface area (TPSA) is 38.4 Å². The van der Waals surface area contributed by atoms with E-state index < -0.39 is 0 Å². The number of ether oxygens (including phenoxy) is 1. The van der Waals surface area contributed by atoms with Gasteiger partial charge in [-0.15, -0.1) is 0 Å². The average molecular weight is 91.1 g/mol. The SMILES string of the molecule is COCCO[O]. The monoisotopic (exact) mass is 91.0 g/mol. The van der Waals surface area contributed by atoms with E-state index in [0.29, 0.717) is 6.61 Å². The Kier molecular flexibility index (Phi) is 4.78. The van der Waals surface area contributed by atoms with Crippen molar-refractivity contribution in [1.29, 1.82) is 0 Å². The quantitative estimate of drug-likeness (QED) is 0.278. The number of rotatable bonds is 3. The predicted octanol–water partition coefficient (Wildman–Crippen LogP) is -0.00510. The largest absolute Gasteiger partial charge is 0.382 e. The Hall–Kier alpha value is -0.120. The van der Waals surface area contributed by atoms with Gasteiger partial charge in [0, 0.05) is 7.11 Å². The maximum Gasteiger partial charge on any atom is 0.109 e. The van der Waals surface area contributed by atoms with E-state index in [4.69, 9.17) is 5.26 Å². The van der Waals surface area contributed by atoms with Gasteiger partial charge in [-0.05, 0) is 5.26 Å². The van der Waals surface area contributed by atoms with E-state index >= 15 is 0 Å². The molecule has 0 aliphatic heterocycles. The number of methoxy groups -OCH3 is 1. The molecular weight excluding hydrogens is 84.0 g/mol. The third-order valence-corrected chi connectivity index (χ3v) is 0.371. The predicted molar refractivity (Wildman–Crippen MR) is 18.5 cm³/mol. The first kappa shape index (κ1) is 5.88. The molecule has 0 heterocycles. The molecule has 0 atom stereocenters. The van der Waals surface area contributed by atoms with Crippen molar-refractivity contribution in [1.82, 2.24) is 0 Å². The molecule has 0 saturated heterocycles. The average Bonchev–Trinajstić information content (AvgIpc) is 1.61. The molecule has 37 valence electrons. The highest BCUT2D eigenvalue weighted by molar-refractivity contribution is 4.15. The molecule has 0 saturated carbocycles. The van der Waals surface area contributed by atoms with Crippen molar-refractivity contribution in [3.8, 4) is 0 Å². The molecule has 0 N–H and O–H groups in total. The van der Waals surface area contributed by atoms with Crippen molar-refractivity contribution in [2.75, 3.05) is 20.3 Å². The second-order valence-electron chi connectivity index (χ2n) is 0.815. The van der Waals surface area contributed by atoms with Crippen molar-refractivity contribution in [3.63, 3.8) is 0 Å². The molecule has 0 rings (SSSR count). The van der Waals surface area contributed by atoms with E-state index in [0.717, 1.165) is 0 Å². The molecule has 0 fully saturated rings. The lowest BCUT2D eigenvalue weighted by molar-refractivity contribution is -0.307. The van der Waals surface area contributed by atoms with Gasteiger partial charge in [0.1, 0.15) is 6.61 Å². The van der Waals surface area contributed by atoms with Crippen LogP contribution in [-0.2, 0) is 14.9 Å². The summed E-state index contributed by atoms with van der Waals surface area (Å²) in [6.45, 7) is 0.514. The van der Waals surface area contributed by atoms with E-state index in [1.54, 1.807) is 0 Å². The van der Waals surface area contributed by atoms with Gasteiger partial charge in [-0.1, -0.05) is 0 Å². The van der Waals surface area contributed by atoms with Gasteiger partial charge < -0.3 is 4.74 Å². The fourth-order valence-electron chi connectivity index (χ4n) is 0.117. The van der Waals surface area contributed by atoms with Crippen LogP contribution in [0.2, 0.25) is 0 Å². The Morgan fingerprint density at radius 2 is 2.17 bits per heavy atom. The lowest BCUT2D eigenvalue weighted by Crippen LogP contribution is -1.95. The molecule has 3 heteroatoms. The highest BCUT2D eigenvalue weighted by Crippen LogP contribution is 1.65. The zero-order valence-corrected chi connectivity index (χ0v) is 3.64. The fraction of sp³-hybridized carbons (Fsp3) is 1.00. The second kappa shape index (κ2) is 4.88. The van der Waals surface area contributed by atoms with E-state index in [2.05, 4.69) is 9.62 Å². The summed E-state index contributed by atoms with van der Waals surface area (Å²) in [7, 11) is 1.51. The highest BCUT2D eigenvalue weighted by atomic mass is 17.1. The maximum absolute atomic E-state index is 9.11. The first-order valence-corrected chi connectivity index (χ1v) is 1.65. The van der Waals surface area contributed by atoms with Crippen molar-refractivity contribution in [2.24, 2.45) is 0 Å². The first-order valence-electron chi connectivity index (χ1n) is 1.65. The smallest absolute Gasteiger partial charge is 0.109 e. The minimum atomic E-state index is 0.135. The molecule has 0 spiro atoms. The molecule has 0 aromatic carbocycles. The van der Waals surface area contributed by atoms with Crippen LogP contribution in [0.1, 0.15) is 0 Å². The Labute approximate surface area is 36.4 Å². The summed E-state index contributed by atoms with van der Waals surface area (Å²) in [5, 5.41) is 9.11. The van der Waals surface area contributed by atoms with Crippen LogP contribution in [0, 0.1) is 0 Å². The lowest BCUT2D eigenvalue weighted by Gasteiger charge is -1.87. The van der Waals surface area contributed by atoms with Crippen LogP contribution < -0.4 is 0 Å². The fourth-order valence-corrected chi connectivity index (χ4v) is 0.117. The van der Waals surface area contributed by atoms with Gasteiger partial charge in [-0.2, -0.15) is 0 Å². The molecule has 0 aromatic heterocycles. The van der Waals surface area contributed by atoms with Crippen LogP contribution in [0.15, 0.2) is 0 Å². The Bertz CT molecular complexity index is 18.0.